The number of amides is 1. The van der Waals surface area contributed by atoms with Crippen molar-refractivity contribution in [1.29, 1.82) is 0 Å². The van der Waals surface area contributed by atoms with E-state index in [9.17, 15) is 9.59 Å². The number of carbonyl (C=O) groups is 1. The Bertz CT molecular complexity index is 755. The molecule has 0 saturated heterocycles. The second kappa shape index (κ2) is 7.45. The summed E-state index contributed by atoms with van der Waals surface area (Å²) in [5.74, 6) is -0.198. The molecule has 2 aromatic rings. The molecule has 5 nitrogen and oxygen atoms in total. The Kier molecular flexibility index (Phi) is 5.11. The lowest BCUT2D eigenvalue weighted by molar-refractivity contribution is -0.120. The summed E-state index contributed by atoms with van der Waals surface area (Å²) >= 11 is 0. The number of nitrogens with two attached hydrogens (primary N) is 1. The lowest BCUT2D eigenvalue weighted by Gasteiger charge is -2.25. The Labute approximate surface area is 141 Å². The first-order chi connectivity index (χ1) is 11.6. The molecule has 1 fully saturated rings. The quantitative estimate of drug-likeness (QED) is 0.906. The third-order valence-corrected chi connectivity index (χ3v) is 4.56. The van der Waals surface area contributed by atoms with E-state index in [1.54, 1.807) is 22.9 Å². The molecule has 0 aliphatic heterocycles. The number of nitrogens with zero attached hydrogens (tertiary/aromatic N) is 1. The monoisotopic (exact) mass is 325 g/mol. The molecule has 1 aromatic heterocycles. The normalized spacial score (nSPS) is 20.5. The van der Waals surface area contributed by atoms with E-state index in [0.717, 1.165) is 24.8 Å². The highest BCUT2D eigenvalue weighted by atomic mass is 16.2. The van der Waals surface area contributed by atoms with Gasteiger partial charge in [-0.05, 0) is 37.0 Å². The number of benzene rings is 1. The number of hydrogen-bond donors (Lipinski definition) is 2. The van der Waals surface area contributed by atoms with Crippen LogP contribution in [0.5, 0.6) is 0 Å². The van der Waals surface area contributed by atoms with Crippen molar-refractivity contribution < 1.29 is 4.79 Å². The zero-order chi connectivity index (χ0) is 16.9. The number of hydrogen-bond acceptors (Lipinski definition) is 3. The van der Waals surface area contributed by atoms with E-state index in [4.69, 9.17) is 5.73 Å². The first-order valence-corrected chi connectivity index (χ1v) is 8.43. The van der Waals surface area contributed by atoms with E-state index in [2.05, 4.69) is 5.32 Å². The number of anilines is 1. The first kappa shape index (κ1) is 16.5. The number of pyridine rings is 1. The molecule has 1 aliphatic carbocycles. The summed E-state index contributed by atoms with van der Waals surface area (Å²) in [5.41, 5.74) is 7.14. The Morgan fingerprint density at radius 3 is 2.71 bits per heavy atom. The number of nitrogens with one attached hydrogen (secondary N) is 1. The topological polar surface area (TPSA) is 77.1 Å². The van der Waals surface area contributed by atoms with Crippen molar-refractivity contribution in [2.75, 3.05) is 5.32 Å². The Hall–Kier alpha value is -2.40. The summed E-state index contributed by atoms with van der Waals surface area (Å²) in [6, 6.07) is 13.3. The maximum Gasteiger partial charge on any atom is 0.274 e. The fourth-order valence-corrected chi connectivity index (χ4v) is 3.24. The Balaban J connectivity index is 1.73. The van der Waals surface area contributed by atoms with Crippen molar-refractivity contribution in [3.63, 3.8) is 0 Å². The number of carbonyl (C=O) groups excluding carboxylic acids is 1. The van der Waals surface area contributed by atoms with Gasteiger partial charge in [-0.3, -0.25) is 9.59 Å². The van der Waals surface area contributed by atoms with E-state index < -0.39 is 0 Å². The van der Waals surface area contributed by atoms with Crippen LogP contribution < -0.4 is 16.6 Å². The van der Waals surface area contributed by atoms with E-state index in [0.29, 0.717) is 18.7 Å². The van der Waals surface area contributed by atoms with Crippen LogP contribution in [0.1, 0.15) is 31.2 Å². The summed E-state index contributed by atoms with van der Waals surface area (Å²) in [6.07, 6.45) is 5.20. The Morgan fingerprint density at radius 1 is 1.17 bits per heavy atom. The van der Waals surface area contributed by atoms with Crippen LogP contribution in [-0.2, 0) is 11.3 Å². The fraction of sp³-hybridized carbons (Fsp3) is 0.368. The van der Waals surface area contributed by atoms with Gasteiger partial charge in [0.15, 0.2) is 0 Å². The molecule has 1 saturated carbocycles. The van der Waals surface area contributed by atoms with E-state index in [1.807, 2.05) is 30.3 Å². The molecule has 1 aliphatic rings. The van der Waals surface area contributed by atoms with Gasteiger partial charge in [0.2, 0.25) is 5.91 Å². The largest absolute Gasteiger partial charge is 0.328 e. The van der Waals surface area contributed by atoms with Gasteiger partial charge < -0.3 is 15.6 Å². The van der Waals surface area contributed by atoms with Crippen LogP contribution in [-0.4, -0.2) is 16.5 Å². The molecule has 2 atom stereocenters. The van der Waals surface area contributed by atoms with Crippen LogP contribution in [0.25, 0.3) is 0 Å². The molecule has 126 valence electrons. The number of rotatable bonds is 4. The molecule has 0 bridgehead atoms. The van der Waals surface area contributed by atoms with Gasteiger partial charge in [0.05, 0.1) is 6.54 Å². The second-order valence-electron chi connectivity index (χ2n) is 6.45. The molecule has 5 heteroatoms. The Morgan fingerprint density at radius 2 is 1.96 bits per heavy atom. The van der Waals surface area contributed by atoms with Crippen molar-refractivity contribution in [2.45, 2.75) is 38.3 Å². The molecular formula is C19H23N3O2. The summed E-state index contributed by atoms with van der Waals surface area (Å²) in [4.78, 5) is 25.0. The highest BCUT2D eigenvalue weighted by Gasteiger charge is 2.25. The van der Waals surface area contributed by atoms with Gasteiger partial charge in [-0.2, -0.15) is 0 Å². The fourth-order valence-electron chi connectivity index (χ4n) is 3.24. The zero-order valence-corrected chi connectivity index (χ0v) is 13.7. The number of aromatic nitrogens is 1. The SMILES string of the molecule is NC1CCCC(C(=O)Nc2cccn(Cc3ccccc3)c2=O)C1. The van der Waals surface area contributed by atoms with E-state index in [-0.39, 0.29) is 23.4 Å². The van der Waals surface area contributed by atoms with Gasteiger partial charge in [-0.25, -0.2) is 0 Å². The molecule has 2 unspecified atom stereocenters. The zero-order valence-electron chi connectivity index (χ0n) is 13.7. The van der Waals surface area contributed by atoms with Gasteiger partial charge >= 0.3 is 0 Å². The predicted octanol–water partition coefficient (Wildman–Crippen LogP) is 2.35. The maximum atomic E-state index is 12.6. The van der Waals surface area contributed by atoms with Crippen LogP contribution in [0.4, 0.5) is 5.69 Å². The van der Waals surface area contributed by atoms with Gasteiger partial charge in [-0.15, -0.1) is 0 Å². The average molecular weight is 325 g/mol. The highest BCUT2D eigenvalue weighted by Crippen LogP contribution is 2.24. The van der Waals surface area contributed by atoms with Crippen LogP contribution in [0.15, 0.2) is 53.5 Å². The standard InChI is InChI=1S/C19H23N3O2/c20-16-9-4-8-15(12-16)18(23)21-17-10-5-11-22(19(17)24)13-14-6-2-1-3-7-14/h1-3,5-7,10-11,15-16H,4,8-9,12-13,20H2,(H,21,23). The molecule has 0 radical (unpaired) electrons. The lowest BCUT2D eigenvalue weighted by Crippen LogP contribution is -2.35. The minimum Gasteiger partial charge on any atom is -0.328 e. The minimum atomic E-state index is -0.185. The highest BCUT2D eigenvalue weighted by molar-refractivity contribution is 5.92. The van der Waals surface area contributed by atoms with Gasteiger partial charge in [0.25, 0.3) is 5.56 Å². The van der Waals surface area contributed by atoms with Crippen molar-refractivity contribution >= 4 is 11.6 Å². The van der Waals surface area contributed by atoms with Crippen LogP contribution in [0.3, 0.4) is 0 Å². The molecule has 3 rings (SSSR count). The molecule has 0 spiro atoms. The average Bonchev–Trinajstić information content (AvgIpc) is 2.59. The van der Waals surface area contributed by atoms with E-state index >= 15 is 0 Å². The van der Waals surface area contributed by atoms with E-state index in [1.165, 1.54) is 0 Å². The summed E-state index contributed by atoms with van der Waals surface area (Å²) in [7, 11) is 0. The maximum absolute atomic E-state index is 12.6. The molecule has 1 amide bonds. The first-order valence-electron chi connectivity index (χ1n) is 8.43. The van der Waals surface area contributed by atoms with Crippen LogP contribution in [0, 0.1) is 5.92 Å². The molecule has 1 aromatic carbocycles. The molecular weight excluding hydrogens is 302 g/mol. The van der Waals surface area contributed by atoms with Gasteiger partial charge in [0, 0.05) is 18.2 Å². The summed E-state index contributed by atoms with van der Waals surface area (Å²) in [6.45, 7) is 0.484. The smallest absolute Gasteiger partial charge is 0.274 e. The van der Waals surface area contributed by atoms with Crippen molar-refractivity contribution in [1.82, 2.24) is 4.57 Å². The lowest BCUT2D eigenvalue weighted by atomic mass is 9.85. The van der Waals surface area contributed by atoms with Crippen LogP contribution in [0.2, 0.25) is 0 Å². The molecule has 24 heavy (non-hydrogen) atoms. The second-order valence-corrected chi connectivity index (χ2v) is 6.45. The summed E-state index contributed by atoms with van der Waals surface area (Å²) in [5, 5.41) is 2.80. The third-order valence-electron chi connectivity index (χ3n) is 4.56. The van der Waals surface area contributed by atoms with Gasteiger partial charge in [0.1, 0.15) is 5.69 Å². The molecule has 1 heterocycles. The third kappa shape index (κ3) is 3.92. The summed E-state index contributed by atoms with van der Waals surface area (Å²) < 4.78 is 1.61. The van der Waals surface area contributed by atoms with Crippen molar-refractivity contribution in [3.8, 4) is 0 Å². The predicted molar refractivity (Wildman–Crippen MR) is 94.8 cm³/mol. The molecule has 3 N–H and O–H groups in total. The van der Waals surface area contributed by atoms with Gasteiger partial charge in [-0.1, -0.05) is 36.8 Å². The minimum absolute atomic E-state index is 0.0833. The van der Waals surface area contributed by atoms with Crippen molar-refractivity contribution in [3.05, 3.63) is 64.6 Å². The van der Waals surface area contributed by atoms with Crippen LogP contribution >= 0.6 is 0 Å². The van der Waals surface area contributed by atoms with Crippen molar-refractivity contribution in [2.24, 2.45) is 11.7 Å².